The van der Waals surface area contributed by atoms with Gasteiger partial charge in [0.1, 0.15) is 5.82 Å². The molecule has 0 aromatic heterocycles. The zero-order valence-corrected chi connectivity index (χ0v) is 18.3. The van der Waals surface area contributed by atoms with Crippen molar-refractivity contribution in [2.75, 3.05) is 18.0 Å². The fourth-order valence-corrected chi connectivity index (χ4v) is 4.35. The van der Waals surface area contributed by atoms with Gasteiger partial charge in [-0.25, -0.2) is 4.39 Å². The highest BCUT2D eigenvalue weighted by Crippen LogP contribution is 2.28. The summed E-state index contributed by atoms with van der Waals surface area (Å²) in [7, 11) is 0. The molecule has 2 aromatic carbocycles. The van der Waals surface area contributed by atoms with Crippen LogP contribution in [-0.4, -0.2) is 41.9 Å². The number of nitrogens with two attached hydrogens (primary N) is 2. The second-order valence-electron chi connectivity index (χ2n) is 8.06. The molecule has 0 aliphatic carbocycles. The zero-order chi connectivity index (χ0) is 22.5. The van der Waals surface area contributed by atoms with Crippen molar-refractivity contribution in [3.63, 3.8) is 0 Å². The highest BCUT2D eigenvalue weighted by atomic mass is 35.5. The molecule has 1 atom stereocenters. The minimum atomic E-state index is -0.490. The monoisotopic (exact) mass is 446 g/mol. The van der Waals surface area contributed by atoms with E-state index in [1.165, 1.54) is 12.1 Å². The van der Waals surface area contributed by atoms with Crippen molar-refractivity contribution in [1.29, 1.82) is 0 Å². The van der Waals surface area contributed by atoms with Crippen molar-refractivity contribution in [3.8, 4) is 0 Å². The number of carbonyl (C=O) groups excluding carboxylic acids is 2. The minimum Gasteiger partial charge on any atom is -0.370 e. The van der Waals surface area contributed by atoms with Crippen LogP contribution in [0, 0.1) is 5.82 Å². The molecular formula is C23H28ClFN4O2. The summed E-state index contributed by atoms with van der Waals surface area (Å²) < 4.78 is 14.5. The minimum absolute atomic E-state index is 0.0899. The summed E-state index contributed by atoms with van der Waals surface area (Å²) >= 11 is 6.10. The lowest BCUT2D eigenvalue weighted by atomic mass is 9.99. The number of piperidine rings is 1. The molecule has 0 bridgehead atoms. The van der Waals surface area contributed by atoms with Crippen molar-refractivity contribution in [2.24, 2.45) is 11.5 Å². The number of hydrogen-bond acceptors (Lipinski definition) is 4. The molecule has 31 heavy (non-hydrogen) atoms. The Morgan fingerprint density at radius 3 is 2.39 bits per heavy atom. The molecule has 0 radical (unpaired) electrons. The van der Waals surface area contributed by atoms with E-state index in [1.54, 1.807) is 18.2 Å². The van der Waals surface area contributed by atoms with E-state index in [-0.39, 0.29) is 23.8 Å². The van der Waals surface area contributed by atoms with Gasteiger partial charge >= 0.3 is 0 Å². The van der Waals surface area contributed by atoms with Crippen molar-refractivity contribution >= 4 is 29.1 Å². The van der Waals surface area contributed by atoms with Gasteiger partial charge in [0.2, 0.25) is 11.8 Å². The summed E-state index contributed by atoms with van der Waals surface area (Å²) in [6, 6.07) is 11.8. The van der Waals surface area contributed by atoms with Crippen LogP contribution in [0.4, 0.5) is 10.1 Å². The molecule has 2 aromatic rings. The Hall–Kier alpha value is -2.64. The fourth-order valence-electron chi connectivity index (χ4n) is 4.15. The summed E-state index contributed by atoms with van der Waals surface area (Å²) in [5.74, 6) is -1.10. The molecule has 1 unspecified atom stereocenters. The van der Waals surface area contributed by atoms with Gasteiger partial charge in [0.15, 0.2) is 0 Å². The SMILES string of the molecule is CC(CC(N)=O)N1CCC(N(Cc2cc(Cl)ccc2F)c2ccc(C(N)=O)cc2)CC1. The highest BCUT2D eigenvalue weighted by Gasteiger charge is 2.28. The Morgan fingerprint density at radius 2 is 1.81 bits per heavy atom. The molecule has 166 valence electrons. The summed E-state index contributed by atoms with van der Waals surface area (Å²) in [6.07, 6.45) is 2.03. The van der Waals surface area contributed by atoms with E-state index >= 15 is 0 Å². The van der Waals surface area contributed by atoms with Gasteiger partial charge in [-0.3, -0.25) is 14.5 Å². The second kappa shape index (κ2) is 10.1. The third kappa shape index (κ3) is 5.95. The highest BCUT2D eigenvalue weighted by molar-refractivity contribution is 6.30. The first kappa shape index (κ1) is 23.0. The Kier molecular flexibility index (Phi) is 7.51. The van der Waals surface area contributed by atoms with E-state index in [9.17, 15) is 14.0 Å². The molecule has 1 aliphatic heterocycles. The first-order chi connectivity index (χ1) is 14.7. The lowest BCUT2D eigenvalue weighted by Crippen LogP contribution is -2.48. The van der Waals surface area contributed by atoms with Crippen LogP contribution < -0.4 is 16.4 Å². The molecule has 8 heteroatoms. The van der Waals surface area contributed by atoms with Crippen LogP contribution in [0.25, 0.3) is 0 Å². The van der Waals surface area contributed by atoms with Gasteiger partial charge in [0.25, 0.3) is 0 Å². The molecule has 2 amide bonds. The number of anilines is 1. The van der Waals surface area contributed by atoms with E-state index in [0.717, 1.165) is 31.6 Å². The van der Waals surface area contributed by atoms with Gasteiger partial charge in [-0.1, -0.05) is 11.6 Å². The molecule has 6 nitrogen and oxygen atoms in total. The Bertz CT molecular complexity index is 930. The van der Waals surface area contributed by atoms with Crippen molar-refractivity contribution in [2.45, 2.75) is 44.8 Å². The van der Waals surface area contributed by atoms with Crippen molar-refractivity contribution < 1.29 is 14.0 Å². The maximum Gasteiger partial charge on any atom is 0.248 e. The molecule has 4 N–H and O–H groups in total. The number of hydrogen-bond donors (Lipinski definition) is 2. The van der Waals surface area contributed by atoms with Gasteiger partial charge in [-0.05, 0) is 62.2 Å². The molecule has 0 saturated carbocycles. The first-order valence-corrected chi connectivity index (χ1v) is 10.7. The number of nitrogens with zero attached hydrogens (tertiary/aromatic N) is 2. The lowest BCUT2D eigenvalue weighted by molar-refractivity contribution is -0.119. The zero-order valence-electron chi connectivity index (χ0n) is 17.6. The summed E-state index contributed by atoms with van der Waals surface area (Å²) in [6.45, 7) is 3.98. The Balaban J connectivity index is 1.81. The van der Waals surface area contributed by atoms with E-state index in [0.29, 0.717) is 29.1 Å². The molecule has 1 saturated heterocycles. The van der Waals surface area contributed by atoms with E-state index in [2.05, 4.69) is 9.80 Å². The molecule has 1 aliphatic rings. The van der Waals surface area contributed by atoms with E-state index in [4.69, 9.17) is 23.1 Å². The predicted octanol–water partition coefficient (Wildman–Crippen LogP) is 3.31. The van der Waals surface area contributed by atoms with Crippen LogP contribution >= 0.6 is 11.6 Å². The van der Waals surface area contributed by atoms with Crippen molar-refractivity contribution in [3.05, 3.63) is 64.4 Å². The summed E-state index contributed by atoms with van der Waals surface area (Å²) in [5.41, 5.74) is 12.5. The maximum atomic E-state index is 14.5. The second-order valence-corrected chi connectivity index (χ2v) is 8.50. The molecule has 1 heterocycles. The molecular weight excluding hydrogens is 419 g/mol. The largest absolute Gasteiger partial charge is 0.370 e. The summed E-state index contributed by atoms with van der Waals surface area (Å²) in [5, 5.41) is 0.482. The smallest absolute Gasteiger partial charge is 0.248 e. The van der Waals surface area contributed by atoms with Gasteiger partial charge < -0.3 is 16.4 Å². The Labute approximate surface area is 186 Å². The van der Waals surface area contributed by atoms with Gasteiger partial charge in [0.05, 0.1) is 0 Å². The number of halogens is 2. The van der Waals surface area contributed by atoms with E-state index in [1.807, 2.05) is 19.1 Å². The topological polar surface area (TPSA) is 92.7 Å². The standard InChI is InChI=1S/C23H28ClFN4O2/c1-15(12-22(26)30)28-10-8-20(9-11-28)29(14-17-13-18(24)4-7-21(17)25)19-5-2-16(3-6-19)23(27)31/h2-7,13,15,20H,8-12,14H2,1H3,(H2,26,30)(H2,27,31). The van der Waals surface area contributed by atoms with Crippen LogP contribution in [0.3, 0.4) is 0 Å². The number of primary amides is 2. The molecule has 0 spiro atoms. The quantitative estimate of drug-likeness (QED) is 0.650. The van der Waals surface area contributed by atoms with Crippen LogP contribution in [0.5, 0.6) is 0 Å². The fraction of sp³-hybridized carbons (Fsp3) is 0.391. The lowest BCUT2D eigenvalue weighted by Gasteiger charge is -2.41. The number of carbonyl (C=O) groups is 2. The number of likely N-dealkylation sites (tertiary alicyclic amines) is 1. The van der Waals surface area contributed by atoms with Crippen LogP contribution in [0.2, 0.25) is 5.02 Å². The van der Waals surface area contributed by atoms with Crippen molar-refractivity contribution in [1.82, 2.24) is 4.90 Å². The first-order valence-electron chi connectivity index (χ1n) is 10.4. The normalized spacial score (nSPS) is 16.1. The third-order valence-corrected chi connectivity index (χ3v) is 6.13. The van der Waals surface area contributed by atoms with Gasteiger partial charge in [-0.15, -0.1) is 0 Å². The maximum absolute atomic E-state index is 14.5. The van der Waals surface area contributed by atoms with Gasteiger partial charge in [-0.2, -0.15) is 0 Å². The number of amides is 2. The summed E-state index contributed by atoms with van der Waals surface area (Å²) in [4.78, 5) is 27.1. The Morgan fingerprint density at radius 1 is 1.16 bits per heavy atom. The number of benzene rings is 2. The van der Waals surface area contributed by atoms with Crippen LogP contribution in [-0.2, 0) is 11.3 Å². The van der Waals surface area contributed by atoms with Gasteiger partial charge in [0, 0.05) is 60.0 Å². The van der Waals surface area contributed by atoms with Crippen LogP contribution in [0.1, 0.15) is 42.1 Å². The van der Waals surface area contributed by atoms with Crippen LogP contribution in [0.15, 0.2) is 42.5 Å². The average molecular weight is 447 g/mol. The van der Waals surface area contributed by atoms with E-state index < -0.39 is 5.91 Å². The molecule has 1 fully saturated rings. The number of rotatable bonds is 8. The average Bonchev–Trinajstić information content (AvgIpc) is 2.74. The molecule has 3 rings (SSSR count). The predicted molar refractivity (Wildman–Crippen MR) is 120 cm³/mol. The third-order valence-electron chi connectivity index (χ3n) is 5.89.